The normalized spacial score (nSPS) is 14.2. The lowest BCUT2D eigenvalue weighted by Gasteiger charge is -2.32. The molecule has 0 atom stereocenters. The van der Waals surface area contributed by atoms with Crippen LogP contribution in [0.3, 0.4) is 0 Å². The predicted octanol–water partition coefficient (Wildman–Crippen LogP) is 5.20. The van der Waals surface area contributed by atoms with E-state index in [1.807, 2.05) is 42.5 Å². The summed E-state index contributed by atoms with van der Waals surface area (Å²) < 4.78 is 19.3. The van der Waals surface area contributed by atoms with Crippen molar-refractivity contribution in [1.82, 2.24) is 9.97 Å². The number of para-hydroxylation sites is 3. The number of hydrogen-bond acceptors (Lipinski definition) is 5. The van der Waals surface area contributed by atoms with E-state index < -0.39 is 0 Å². The Bertz CT molecular complexity index is 1300. The molecule has 1 aromatic heterocycles. The van der Waals surface area contributed by atoms with Crippen molar-refractivity contribution >= 4 is 28.3 Å². The fourth-order valence-electron chi connectivity index (χ4n) is 4.31. The molecular weight excluding hydrogens is 431 g/mol. The Balaban J connectivity index is 1.21. The fourth-order valence-corrected chi connectivity index (χ4v) is 4.31. The average molecular weight is 457 g/mol. The molecule has 34 heavy (non-hydrogen) atoms. The average Bonchev–Trinajstić information content (AvgIpc) is 2.88. The Labute approximate surface area is 197 Å². The van der Waals surface area contributed by atoms with Crippen molar-refractivity contribution in [2.75, 3.05) is 23.3 Å². The molecule has 1 saturated heterocycles. The molecule has 0 unspecified atom stereocenters. The van der Waals surface area contributed by atoms with E-state index in [0.717, 1.165) is 48.2 Å². The number of hydrogen-bond donors (Lipinski definition) is 1. The third kappa shape index (κ3) is 4.83. The number of ether oxygens (including phenoxy) is 1. The first-order chi connectivity index (χ1) is 16.7. The zero-order chi connectivity index (χ0) is 23.3. The maximum absolute atomic E-state index is 13.4. The number of aromatic nitrogens is 2. The van der Waals surface area contributed by atoms with E-state index >= 15 is 0 Å². The van der Waals surface area contributed by atoms with E-state index in [-0.39, 0.29) is 24.2 Å². The quantitative estimate of drug-likeness (QED) is 0.432. The van der Waals surface area contributed by atoms with E-state index in [2.05, 4.69) is 20.2 Å². The molecule has 3 aromatic carbocycles. The van der Waals surface area contributed by atoms with Crippen LogP contribution in [0.25, 0.3) is 10.9 Å². The molecule has 1 aliphatic rings. The van der Waals surface area contributed by atoms with Crippen molar-refractivity contribution in [3.05, 3.63) is 90.5 Å². The van der Waals surface area contributed by atoms with Gasteiger partial charge in [-0.05, 0) is 54.8 Å². The lowest BCUT2D eigenvalue weighted by atomic mass is 9.95. The molecule has 1 aliphatic heterocycles. The van der Waals surface area contributed by atoms with Gasteiger partial charge in [-0.1, -0.05) is 36.4 Å². The van der Waals surface area contributed by atoms with Crippen LogP contribution in [0.2, 0.25) is 0 Å². The van der Waals surface area contributed by atoms with Crippen LogP contribution < -0.4 is 15.0 Å². The monoisotopic (exact) mass is 456 g/mol. The van der Waals surface area contributed by atoms with Crippen LogP contribution in [0.1, 0.15) is 18.4 Å². The van der Waals surface area contributed by atoms with Gasteiger partial charge in [0.1, 0.15) is 30.3 Å². The molecule has 0 aliphatic carbocycles. The maximum atomic E-state index is 13.4. The van der Waals surface area contributed by atoms with Gasteiger partial charge in [-0.2, -0.15) is 0 Å². The molecule has 5 rings (SSSR count). The van der Waals surface area contributed by atoms with Gasteiger partial charge in [0.25, 0.3) is 0 Å². The molecule has 4 aromatic rings. The summed E-state index contributed by atoms with van der Waals surface area (Å²) in [4.78, 5) is 24.1. The first-order valence-electron chi connectivity index (χ1n) is 11.4. The van der Waals surface area contributed by atoms with Crippen LogP contribution in [0.4, 0.5) is 15.9 Å². The van der Waals surface area contributed by atoms with E-state index in [4.69, 9.17) is 4.74 Å². The van der Waals surface area contributed by atoms with Gasteiger partial charge in [0.2, 0.25) is 5.91 Å². The molecule has 2 heterocycles. The maximum Gasteiger partial charge on any atom is 0.227 e. The van der Waals surface area contributed by atoms with Crippen LogP contribution in [0.5, 0.6) is 5.75 Å². The number of nitrogens with zero attached hydrogens (tertiary/aromatic N) is 3. The lowest BCUT2D eigenvalue weighted by molar-refractivity contribution is -0.120. The highest BCUT2D eigenvalue weighted by atomic mass is 19.1. The molecule has 0 spiro atoms. The SMILES string of the molecule is O=C(Nc1ccccc1OCc1cccc(F)c1)C1CCN(c2ncnc3ccccc23)CC1. The Morgan fingerprint density at radius 1 is 1.00 bits per heavy atom. The van der Waals surface area contributed by atoms with Gasteiger partial charge in [0.15, 0.2) is 0 Å². The Morgan fingerprint density at radius 3 is 2.65 bits per heavy atom. The van der Waals surface area contributed by atoms with Crippen molar-refractivity contribution in [1.29, 1.82) is 0 Å². The van der Waals surface area contributed by atoms with Crippen LogP contribution in [-0.2, 0) is 11.4 Å². The molecular formula is C27H25FN4O2. The van der Waals surface area contributed by atoms with Crippen molar-refractivity contribution in [2.24, 2.45) is 5.92 Å². The van der Waals surface area contributed by atoms with Crippen molar-refractivity contribution < 1.29 is 13.9 Å². The smallest absolute Gasteiger partial charge is 0.227 e. The number of nitrogens with one attached hydrogen (secondary N) is 1. The molecule has 0 bridgehead atoms. The molecule has 1 amide bonds. The third-order valence-corrected chi connectivity index (χ3v) is 6.12. The summed E-state index contributed by atoms with van der Waals surface area (Å²) >= 11 is 0. The minimum Gasteiger partial charge on any atom is -0.487 e. The molecule has 172 valence electrons. The van der Waals surface area contributed by atoms with E-state index in [9.17, 15) is 9.18 Å². The van der Waals surface area contributed by atoms with Crippen LogP contribution >= 0.6 is 0 Å². The molecule has 1 N–H and O–H groups in total. The number of rotatable bonds is 6. The zero-order valence-electron chi connectivity index (χ0n) is 18.7. The second kappa shape index (κ2) is 9.87. The number of carbonyl (C=O) groups excluding carboxylic acids is 1. The summed E-state index contributed by atoms with van der Waals surface area (Å²) in [7, 11) is 0. The van der Waals surface area contributed by atoms with Crippen molar-refractivity contribution in [3.63, 3.8) is 0 Å². The van der Waals surface area contributed by atoms with Gasteiger partial charge < -0.3 is 15.0 Å². The topological polar surface area (TPSA) is 67.3 Å². The number of anilines is 2. The molecule has 6 nitrogen and oxygen atoms in total. The largest absolute Gasteiger partial charge is 0.487 e. The van der Waals surface area contributed by atoms with Gasteiger partial charge in [-0.3, -0.25) is 4.79 Å². The Kier molecular flexibility index (Phi) is 6.33. The van der Waals surface area contributed by atoms with Crippen molar-refractivity contribution in [2.45, 2.75) is 19.4 Å². The van der Waals surface area contributed by atoms with Gasteiger partial charge in [0.05, 0.1) is 11.2 Å². The summed E-state index contributed by atoms with van der Waals surface area (Å²) in [6.07, 6.45) is 3.06. The summed E-state index contributed by atoms with van der Waals surface area (Å²) in [6, 6.07) is 21.6. The standard InChI is InChI=1S/C27H25FN4O2/c28-21-7-5-6-19(16-21)17-34-25-11-4-3-10-24(25)31-27(33)20-12-14-32(15-13-20)26-22-8-1-2-9-23(22)29-18-30-26/h1-11,16,18,20H,12-15,17H2,(H,31,33). The molecule has 0 radical (unpaired) electrons. The number of benzene rings is 3. The first kappa shape index (κ1) is 21.8. The molecule has 1 fully saturated rings. The van der Waals surface area contributed by atoms with Gasteiger partial charge >= 0.3 is 0 Å². The molecule has 0 saturated carbocycles. The minimum atomic E-state index is -0.302. The highest BCUT2D eigenvalue weighted by Gasteiger charge is 2.27. The van der Waals surface area contributed by atoms with E-state index in [1.165, 1.54) is 12.1 Å². The van der Waals surface area contributed by atoms with E-state index in [1.54, 1.807) is 24.5 Å². The number of fused-ring (bicyclic) bond motifs is 1. The van der Waals surface area contributed by atoms with Gasteiger partial charge in [-0.25, -0.2) is 14.4 Å². The van der Waals surface area contributed by atoms with Crippen LogP contribution in [0.15, 0.2) is 79.1 Å². The second-order valence-electron chi connectivity index (χ2n) is 8.38. The number of carbonyl (C=O) groups is 1. The van der Waals surface area contributed by atoms with Crippen LogP contribution in [0, 0.1) is 11.7 Å². The van der Waals surface area contributed by atoms with Gasteiger partial charge in [0, 0.05) is 24.4 Å². The van der Waals surface area contributed by atoms with E-state index in [0.29, 0.717) is 11.4 Å². The highest BCUT2D eigenvalue weighted by Crippen LogP contribution is 2.30. The number of amides is 1. The summed E-state index contributed by atoms with van der Waals surface area (Å²) in [5, 5.41) is 4.06. The first-order valence-corrected chi connectivity index (χ1v) is 11.4. The second-order valence-corrected chi connectivity index (χ2v) is 8.38. The number of piperidine rings is 1. The molecule has 7 heteroatoms. The summed E-state index contributed by atoms with van der Waals surface area (Å²) in [5.74, 6) is 1.06. The number of halogens is 1. The Morgan fingerprint density at radius 2 is 1.79 bits per heavy atom. The minimum absolute atomic E-state index is 0.0194. The Hall–Kier alpha value is -4.00. The van der Waals surface area contributed by atoms with Gasteiger partial charge in [-0.15, -0.1) is 0 Å². The zero-order valence-corrected chi connectivity index (χ0v) is 18.7. The third-order valence-electron chi connectivity index (χ3n) is 6.12. The fraction of sp³-hybridized carbons (Fsp3) is 0.222. The highest BCUT2D eigenvalue weighted by molar-refractivity contribution is 5.94. The van der Waals surface area contributed by atoms with Crippen LogP contribution in [-0.4, -0.2) is 29.0 Å². The van der Waals surface area contributed by atoms with Crippen molar-refractivity contribution in [3.8, 4) is 5.75 Å². The predicted molar refractivity (Wildman–Crippen MR) is 130 cm³/mol. The summed E-state index contributed by atoms with van der Waals surface area (Å²) in [5.41, 5.74) is 2.26. The lowest BCUT2D eigenvalue weighted by Crippen LogP contribution is -2.38. The summed E-state index contributed by atoms with van der Waals surface area (Å²) in [6.45, 7) is 1.71.